The second-order valence-electron chi connectivity index (χ2n) is 4.14. The summed E-state index contributed by atoms with van der Waals surface area (Å²) in [6.45, 7) is 0. The van der Waals surface area contributed by atoms with Crippen LogP contribution in [-0.4, -0.2) is 17.1 Å². The average molecular weight is 331 g/mol. The molecule has 0 unspecified atom stereocenters. The summed E-state index contributed by atoms with van der Waals surface area (Å²) in [6, 6.07) is 9.56. The van der Waals surface area contributed by atoms with Crippen molar-refractivity contribution >= 4 is 26.7 Å². The van der Waals surface area contributed by atoms with Crippen molar-refractivity contribution in [2.75, 3.05) is 7.11 Å². The minimum absolute atomic E-state index is 0.529. The van der Waals surface area contributed by atoms with Crippen LogP contribution in [-0.2, 0) is 0 Å². The van der Waals surface area contributed by atoms with Gasteiger partial charge >= 0.3 is 0 Å². The van der Waals surface area contributed by atoms with Crippen LogP contribution in [0.15, 0.2) is 53.4 Å². The fraction of sp³-hybridized carbons (Fsp3) is 0.0667. The molecule has 3 rings (SSSR count). The molecule has 0 fully saturated rings. The molecule has 0 aliphatic heterocycles. The maximum Gasteiger partial charge on any atom is 0.227 e. The molecule has 0 amide bonds. The molecule has 4 nitrogen and oxygen atoms in total. The summed E-state index contributed by atoms with van der Waals surface area (Å²) in [5, 5.41) is 1.94. The van der Waals surface area contributed by atoms with Crippen molar-refractivity contribution in [3.8, 4) is 17.4 Å². The molecule has 0 aliphatic carbocycles. The molecular formula is C15H11BrN2O2. The van der Waals surface area contributed by atoms with E-state index in [0.717, 1.165) is 21.0 Å². The number of benzene rings is 1. The molecule has 5 heteroatoms. The summed E-state index contributed by atoms with van der Waals surface area (Å²) in [6.07, 6.45) is 5.06. The Morgan fingerprint density at radius 3 is 2.75 bits per heavy atom. The van der Waals surface area contributed by atoms with Gasteiger partial charge in [0.15, 0.2) is 0 Å². The van der Waals surface area contributed by atoms with Gasteiger partial charge in [-0.25, -0.2) is 4.98 Å². The number of ether oxygens (including phenoxy) is 2. The van der Waals surface area contributed by atoms with E-state index < -0.39 is 0 Å². The van der Waals surface area contributed by atoms with Crippen molar-refractivity contribution in [2.24, 2.45) is 0 Å². The van der Waals surface area contributed by atoms with Crippen LogP contribution in [0, 0.1) is 0 Å². The van der Waals surface area contributed by atoms with E-state index in [4.69, 9.17) is 9.47 Å². The molecule has 0 atom stereocenters. The Labute approximate surface area is 124 Å². The molecule has 2 aromatic heterocycles. The van der Waals surface area contributed by atoms with Crippen molar-refractivity contribution in [1.82, 2.24) is 9.97 Å². The fourth-order valence-corrected chi connectivity index (χ4v) is 2.23. The third kappa shape index (κ3) is 2.58. The van der Waals surface area contributed by atoms with E-state index >= 15 is 0 Å². The zero-order valence-corrected chi connectivity index (χ0v) is 12.3. The van der Waals surface area contributed by atoms with Gasteiger partial charge in [-0.05, 0) is 45.6 Å². The van der Waals surface area contributed by atoms with Crippen LogP contribution in [0.2, 0.25) is 0 Å². The van der Waals surface area contributed by atoms with Crippen LogP contribution >= 0.6 is 15.9 Å². The van der Waals surface area contributed by atoms with E-state index in [1.54, 1.807) is 25.7 Å². The van der Waals surface area contributed by atoms with Gasteiger partial charge in [0.2, 0.25) is 5.88 Å². The number of rotatable bonds is 3. The molecule has 3 aromatic rings. The number of nitrogens with zero attached hydrogens (tertiary/aromatic N) is 2. The largest absolute Gasteiger partial charge is 0.497 e. The highest BCUT2D eigenvalue weighted by atomic mass is 79.9. The van der Waals surface area contributed by atoms with Gasteiger partial charge in [-0.15, -0.1) is 0 Å². The van der Waals surface area contributed by atoms with Crippen molar-refractivity contribution in [2.45, 2.75) is 0 Å². The molecule has 0 bridgehead atoms. The lowest BCUT2D eigenvalue weighted by Gasteiger charge is -2.08. The molecule has 100 valence electrons. The highest BCUT2D eigenvalue weighted by Gasteiger charge is 2.07. The highest BCUT2D eigenvalue weighted by Crippen LogP contribution is 2.30. The molecular weight excluding hydrogens is 320 g/mol. The van der Waals surface area contributed by atoms with E-state index in [9.17, 15) is 0 Å². The maximum atomic E-state index is 5.81. The van der Waals surface area contributed by atoms with Crippen molar-refractivity contribution in [1.29, 1.82) is 0 Å². The first kappa shape index (κ1) is 12.9. The van der Waals surface area contributed by atoms with Gasteiger partial charge in [0.1, 0.15) is 11.5 Å². The van der Waals surface area contributed by atoms with Crippen LogP contribution in [0.5, 0.6) is 17.4 Å². The second kappa shape index (κ2) is 5.46. The summed E-state index contributed by atoms with van der Waals surface area (Å²) in [5.41, 5.74) is 0. The summed E-state index contributed by atoms with van der Waals surface area (Å²) < 4.78 is 11.9. The van der Waals surface area contributed by atoms with E-state index in [2.05, 4.69) is 25.9 Å². The standard InChI is InChI=1S/C15H11BrN2O2/c1-19-12-3-2-10-4-5-18-15(14(10)7-12)20-13-6-11(16)8-17-9-13/h2-9H,1H3. The minimum Gasteiger partial charge on any atom is -0.497 e. The minimum atomic E-state index is 0.529. The molecule has 20 heavy (non-hydrogen) atoms. The van der Waals surface area contributed by atoms with E-state index in [0.29, 0.717) is 11.6 Å². The number of halogens is 1. The Morgan fingerprint density at radius 2 is 1.95 bits per heavy atom. The number of methoxy groups -OCH3 is 1. The van der Waals surface area contributed by atoms with Crippen molar-refractivity contribution in [3.63, 3.8) is 0 Å². The lowest BCUT2D eigenvalue weighted by atomic mass is 10.1. The van der Waals surface area contributed by atoms with Gasteiger partial charge < -0.3 is 9.47 Å². The lowest BCUT2D eigenvalue weighted by molar-refractivity contribution is 0.415. The summed E-state index contributed by atoms with van der Waals surface area (Å²) in [5.74, 6) is 1.92. The van der Waals surface area contributed by atoms with Gasteiger partial charge in [0.25, 0.3) is 0 Å². The SMILES string of the molecule is COc1ccc2ccnc(Oc3cncc(Br)c3)c2c1. The maximum absolute atomic E-state index is 5.81. The van der Waals surface area contributed by atoms with Crippen LogP contribution in [0.25, 0.3) is 10.8 Å². The smallest absolute Gasteiger partial charge is 0.227 e. The van der Waals surface area contributed by atoms with Crippen LogP contribution in [0.3, 0.4) is 0 Å². The van der Waals surface area contributed by atoms with E-state index in [1.807, 2.05) is 30.3 Å². The zero-order chi connectivity index (χ0) is 13.9. The van der Waals surface area contributed by atoms with Crippen molar-refractivity contribution < 1.29 is 9.47 Å². The molecule has 0 radical (unpaired) electrons. The van der Waals surface area contributed by atoms with Crippen LogP contribution in [0.1, 0.15) is 0 Å². The van der Waals surface area contributed by atoms with Gasteiger partial charge in [-0.3, -0.25) is 4.98 Å². The molecule has 0 saturated carbocycles. The number of hydrogen-bond acceptors (Lipinski definition) is 4. The number of aromatic nitrogens is 2. The molecule has 0 N–H and O–H groups in total. The summed E-state index contributed by atoms with van der Waals surface area (Å²) in [4.78, 5) is 8.36. The zero-order valence-electron chi connectivity index (χ0n) is 10.7. The first-order valence-corrected chi connectivity index (χ1v) is 6.77. The Kier molecular flexibility index (Phi) is 3.52. The van der Waals surface area contributed by atoms with Gasteiger partial charge in [0, 0.05) is 22.3 Å². The molecule has 0 spiro atoms. The predicted octanol–water partition coefficient (Wildman–Crippen LogP) is 4.19. The molecule has 1 aromatic carbocycles. The molecule has 2 heterocycles. The monoisotopic (exact) mass is 330 g/mol. The Hall–Kier alpha value is -2.14. The quantitative estimate of drug-likeness (QED) is 0.722. The number of pyridine rings is 2. The average Bonchev–Trinajstić information content (AvgIpc) is 2.47. The molecule has 0 aliphatic rings. The molecule has 0 saturated heterocycles. The van der Waals surface area contributed by atoms with Gasteiger partial charge in [-0.1, -0.05) is 6.07 Å². The van der Waals surface area contributed by atoms with E-state index in [-0.39, 0.29) is 0 Å². The fourth-order valence-electron chi connectivity index (χ4n) is 1.89. The van der Waals surface area contributed by atoms with Crippen LogP contribution in [0.4, 0.5) is 0 Å². The Balaban J connectivity index is 2.06. The van der Waals surface area contributed by atoms with E-state index in [1.165, 1.54) is 0 Å². The Morgan fingerprint density at radius 1 is 1.05 bits per heavy atom. The predicted molar refractivity (Wildman–Crippen MR) is 80.3 cm³/mol. The highest BCUT2D eigenvalue weighted by molar-refractivity contribution is 9.10. The summed E-state index contributed by atoms with van der Waals surface area (Å²) >= 11 is 3.37. The van der Waals surface area contributed by atoms with Crippen LogP contribution < -0.4 is 9.47 Å². The lowest BCUT2D eigenvalue weighted by Crippen LogP contribution is -1.91. The van der Waals surface area contributed by atoms with Gasteiger partial charge in [-0.2, -0.15) is 0 Å². The van der Waals surface area contributed by atoms with Gasteiger partial charge in [0.05, 0.1) is 13.3 Å². The number of fused-ring (bicyclic) bond motifs is 1. The normalized spacial score (nSPS) is 10.5. The van der Waals surface area contributed by atoms with Crippen molar-refractivity contribution in [3.05, 3.63) is 53.4 Å². The Bertz CT molecular complexity index is 762. The first-order valence-electron chi connectivity index (χ1n) is 5.97. The third-order valence-electron chi connectivity index (χ3n) is 2.83. The second-order valence-corrected chi connectivity index (χ2v) is 5.06. The topological polar surface area (TPSA) is 44.2 Å². The summed E-state index contributed by atoms with van der Waals surface area (Å²) in [7, 11) is 1.64. The first-order chi connectivity index (χ1) is 9.76. The number of hydrogen-bond donors (Lipinski definition) is 0. The third-order valence-corrected chi connectivity index (χ3v) is 3.26.